The summed E-state index contributed by atoms with van der Waals surface area (Å²) in [7, 11) is 0. The number of halogens is 2. The molecule has 0 unspecified atom stereocenters. The van der Waals surface area contributed by atoms with Gasteiger partial charge in [-0.25, -0.2) is 28.7 Å². The zero-order chi connectivity index (χ0) is 43.2. The predicted molar refractivity (Wildman–Crippen MR) is 241 cm³/mol. The summed E-state index contributed by atoms with van der Waals surface area (Å²) in [5.41, 5.74) is 8.47. The Morgan fingerprint density at radius 3 is 1.56 bits per heavy atom. The van der Waals surface area contributed by atoms with Crippen molar-refractivity contribution in [1.82, 2.24) is 29.9 Å². The van der Waals surface area contributed by atoms with E-state index in [1.807, 2.05) is 94.4 Å². The van der Waals surface area contributed by atoms with Crippen molar-refractivity contribution < 1.29 is 18.4 Å². The summed E-state index contributed by atoms with van der Waals surface area (Å²) in [5.74, 6) is -0.328. The van der Waals surface area contributed by atoms with Crippen LogP contribution in [0.2, 0.25) is 0 Å². The van der Waals surface area contributed by atoms with Crippen LogP contribution < -0.4 is 0 Å². The molecule has 6 heterocycles. The van der Waals surface area contributed by atoms with Gasteiger partial charge in [0, 0.05) is 64.1 Å². The van der Waals surface area contributed by atoms with E-state index in [1.54, 1.807) is 31.0 Å². The number of hydrogen-bond donors (Lipinski definition) is 0. The second-order valence-electron chi connectivity index (χ2n) is 16.8. The van der Waals surface area contributed by atoms with Crippen LogP contribution in [-0.4, -0.2) is 41.5 Å². The number of thiazole rings is 2. The number of ketones is 2. The van der Waals surface area contributed by atoms with E-state index < -0.39 is 0 Å². The van der Waals surface area contributed by atoms with E-state index in [0.717, 1.165) is 102 Å². The summed E-state index contributed by atoms with van der Waals surface area (Å²) in [5, 5.41) is 1.50. The normalized spacial score (nSPS) is 15.0. The Morgan fingerprint density at radius 1 is 0.516 bits per heavy atom. The van der Waals surface area contributed by atoms with Crippen LogP contribution >= 0.6 is 22.7 Å². The Bertz CT molecular complexity index is 2800. The standard InChI is InChI=1S/2C25H20FN3OS/c1-25(2)8-7-20-19(23(25)30)5-6-21(29-20)24-28-14-22(31-24)17-10-16(11-18(26)12-17)15-4-3-9-27-13-15;1-25(2)9-8-20-18(23(25)30)6-7-21(29-20)24-28-14-22(31-24)16-11-15(12-17(26)13-16)19-5-3-4-10-27-19/h3-6,9-14H,7-8H2,1-2H3;3-7,10-14H,8-9H2,1-2H3. The lowest BCUT2D eigenvalue weighted by atomic mass is 9.75. The summed E-state index contributed by atoms with van der Waals surface area (Å²) in [4.78, 5) is 54.0. The first-order valence-corrected chi connectivity index (χ1v) is 21.9. The summed E-state index contributed by atoms with van der Waals surface area (Å²) < 4.78 is 28.7. The largest absolute Gasteiger partial charge is 0.294 e. The molecule has 6 aromatic heterocycles. The molecule has 0 atom stereocenters. The number of benzene rings is 2. The van der Waals surface area contributed by atoms with Gasteiger partial charge in [-0.05, 0) is 121 Å². The van der Waals surface area contributed by atoms with Gasteiger partial charge >= 0.3 is 0 Å². The average Bonchev–Trinajstić information content (AvgIpc) is 3.99. The molecule has 12 heteroatoms. The van der Waals surface area contributed by atoms with Gasteiger partial charge in [-0.3, -0.25) is 19.6 Å². The molecule has 2 aromatic carbocycles. The van der Waals surface area contributed by atoms with Gasteiger partial charge in [0.2, 0.25) is 0 Å². The van der Waals surface area contributed by atoms with Gasteiger partial charge in [-0.2, -0.15) is 0 Å². The molecule has 0 spiro atoms. The van der Waals surface area contributed by atoms with E-state index in [0.29, 0.717) is 11.1 Å². The van der Waals surface area contributed by atoms with Crippen molar-refractivity contribution in [1.29, 1.82) is 0 Å². The number of hydrogen-bond acceptors (Lipinski definition) is 10. The van der Waals surface area contributed by atoms with Crippen molar-refractivity contribution in [2.75, 3.05) is 0 Å². The van der Waals surface area contributed by atoms with Crippen molar-refractivity contribution in [3.8, 4) is 64.7 Å². The first-order valence-electron chi connectivity index (χ1n) is 20.3. The fourth-order valence-electron chi connectivity index (χ4n) is 7.75. The molecule has 62 heavy (non-hydrogen) atoms. The third-order valence-corrected chi connectivity index (χ3v) is 13.5. The third-order valence-electron chi connectivity index (χ3n) is 11.4. The minimum Gasteiger partial charge on any atom is -0.294 e. The Hall–Kier alpha value is -6.50. The molecule has 0 aliphatic heterocycles. The van der Waals surface area contributed by atoms with Crippen LogP contribution in [0.5, 0.6) is 0 Å². The molecular formula is C50H40F2N6O2S2. The highest BCUT2D eigenvalue weighted by Crippen LogP contribution is 2.39. The molecule has 10 rings (SSSR count). The Balaban J connectivity index is 0.000000158. The highest BCUT2D eigenvalue weighted by atomic mass is 32.1. The summed E-state index contributed by atoms with van der Waals surface area (Å²) in [6.07, 6.45) is 11.7. The Labute approximate surface area is 365 Å². The fraction of sp³-hybridized carbons (Fsp3) is 0.200. The highest BCUT2D eigenvalue weighted by Gasteiger charge is 2.36. The van der Waals surface area contributed by atoms with E-state index in [1.165, 1.54) is 46.9 Å². The maximum atomic E-state index is 14.3. The van der Waals surface area contributed by atoms with Crippen molar-refractivity contribution in [3.05, 3.63) is 156 Å². The van der Waals surface area contributed by atoms with Gasteiger partial charge in [0.1, 0.15) is 21.6 Å². The second kappa shape index (κ2) is 16.4. The number of aromatic nitrogens is 6. The topological polar surface area (TPSA) is 111 Å². The first-order chi connectivity index (χ1) is 29.8. The minimum atomic E-state index is -0.340. The van der Waals surface area contributed by atoms with Gasteiger partial charge < -0.3 is 0 Å². The van der Waals surface area contributed by atoms with E-state index in [9.17, 15) is 18.4 Å². The van der Waals surface area contributed by atoms with Crippen LogP contribution in [0.1, 0.15) is 72.6 Å². The lowest BCUT2D eigenvalue weighted by molar-refractivity contribution is 0.0803. The first kappa shape index (κ1) is 40.9. The average molecular weight is 859 g/mol. The molecule has 0 saturated carbocycles. The zero-order valence-corrected chi connectivity index (χ0v) is 36.1. The highest BCUT2D eigenvalue weighted by molar-refractivity contribution is 7.18. The molecule has 0 saturated heterocycles. The van der Waals surface area contributed by atoms with Crippen LogP contribution in [0.15, 0.2) is 122 Å². The van der Waals surface area contributed by atoms with Crippen molar-refractivity contribution in [2.45, 2.75) is 53.4 Å². The Morgan fingerprint density at radius 2 is 1.05 bits per heavy atom. The lowest BCUT2D eigenvalue weighted by Crippen LogP contribution is -2.31. The quantitative estimate of drug-likeness (QED) is 0.162. The van der Waals surface area contributed by atoms with Gasteiger partial charge in [0.25, 0.3) is 0 Å². The third kappa shape index (κ3) is 8.27. The van der Waals surface area contributed by atoms with Crippen LogP contribution in [0.25, 0.3) is 64.7 Å². The number of rotatable bonds is 6. The van der Waals surface area contributed by atoms with Gasteiger partial charge in [0.05, 0.1) is 38.2 Å². The fourth-order valence-corrected chi connectivity index (χ4v) is 9.50. The van der Waals surface area contributed by atoms with E-state index in [4.69, 9.17) is 9.97 Å². The molecule has 2 aliphatic carbocycles. The number of carbonyl (C=O) groups is 2. The maximum absolute atomic E-state index is 14.3. The minimum absolute atomic E-state index is 0.148. The molecule has 0 amide bonds. The number of pyridine rings is 4. The summed E-state index contributed by atoms with van der Waals surface area (Å²) >= 11 is 2.92. The number of nitrogens with zero attached hydrogens (tertiary/aromatic N) is 6. The smallest absolute Gasteiger partial charge is 0.170 e. The van der Waals surface area contributed by atoms with E-state index >= 15 is 0 Å². The molecule has 0 fully saturated rings. The van der Waals surface area contributed by atoms with Crippen molar-refractivity contribution in [2.24, 2.45) is 10.8 Å². The Kier molecular flexibility index (Phi) is 10.8. The van der Waals surface area contributed by atoms with Gasteiger partial charge in [-0.1, -0.05) is 39.8 Å². The zero-order valence-electron chi connectivity index (χ0n) is 34.4. The molecule has 8 aromatic rings. The molecule has 0 bridgehead atoms. The summed E-state index contributed by atoms with van der Waals surface area (Å²) in [6.45, 7) is 7.94. The van der Waals surface area contributed by atoms with Crippen molar-refractivity contribution >= 4 is 34.2 Å². The van der Waals surface area contributed by atoms with E-state index in [-0.39, 0.29) is 34.0 Å². The molecule has 0 N–H and O–H groups in total. The van der Waals surface area contributed by atoms with Crippen LogP contribution in [0, 0.1) is 22.5 Å². The van der Waals surface area contributed by atoms with Gasteiger partial charge in [0.15, 0.2) is 11.6 Å². The van der Waals surface area contributed by atoms with Gasteiger partial charge in [-0.15, -0.1) is 22.7 Å². The number of aryl methyl sites for hydroxylation is 2. The molecule has 308 valence electrons. The molecular weight excluding hydrogens is 819 g/mol. The summed E-state index contributed by atoms with van der Waals surface area (Å²) in [6, 6.07) is 26.6. The van der Waals surface area contributed by atoms with E-state index in [2.05, 4.69) is 19.9 Å². The number of carbonyl (C=O) groups excluding carboxylic acids is 2. The van der Waals surface area contributed by atoms with Crippen molar-refractivity contribution in [3.63, 3.8) is 0 Å². The lowest BCUT2D eigenvalue weighted by Gasteiger charge is -2.28. The second-order valence-corrected chi connectivity index (χ2v) is 18.8. The SMILES string of the molecule is CC1(C)CCc2nc(-c3ncc(-c4cc(F)cc(-c5ccccn5)c4)s3)ccc2C1=O.CC1(C)CCc2nc(-c3ncc(-c4cc(F)cc(-c5cccnc5)c4)s3)ccc2C1=O. The van der Waals surface area contributed by atoms with Crippen LogP contribution in [0.4, 0.5) is 8.78 Å². The number of fused-ring (bicyclic) bond motifs is 2. The molecule has 8 nitrogen and oxygen atoms in total. The number of Topliss-reactive ketones (excluding diaryl/α,β-unsaturated/α-hetero) is 2. The van der Waals surface area contributed by atoms with Crippen LogP contribution in [0.3, 0.4) is 0 Å². The van der Waals surface area contributed by atoms with Crippen LogP contribution in [-0.2, 0) is 12.8 Å². The maximum Gasteiger partial charge on any atom is 0.170 e. The molecule has 2 aliphatic rings. The monoisotopic (exact) mass is 858 g/mol. The molecule has 0 radical (unpaired) electrons. The predicted octanol–water partition coefficient (Wildman–Crippen LogP) is 12.5.